The van der Waals surface area contributed by atoms with Gasteiger partial charge in [-0.15, -0.1) is 0 Å². The number of hydrogen-bond donors (Lipinski definition) is 2. The second-order valence-corrected chi connectivity index (χ2v) is 6.13. The highest BCUT2D eigenvalue weighted by Crippen LogP contribution is 2.28. The van der Waals surface area contributed by atoms with E-state index >= 15 is 0 Å². The molecule has 27 heavy (non-hydrogen) atoms. The van der Waals surface area contributed by atoms with Crippen LogP contribution in [-0.2, 0) is 4.79 Å². The van der Waals surface area contributed by atoms with E-state index in [0.29, 0.717) is 19.4 Å². The molecule has 1 unspecified atom stereocenters. The van der Waals surface area contributed by atoms with Crippen LogP contribution >= 0.6 is 0 Å². The molecule has 2 aromatic carbocycles. The number of anilines is 1. The van der Waals surface area contributed by atoms with Crippen molar-refractivity contribution < 1.29 is 28.2 Å². The fraction of sp³-hybridized carbons (Fsp3) is 0.263. The number of methoxy groups -OCH3 is 1. The molecule has 2 N–H and O–H groups in total. The normalized spacial score (nSPS) is 16.3. The molecule has 6 nitrogen and oxygen atoms in total. The van der Waals surface area contributed by atoms with Crippen molar-refractivity contribution in [3.8, 4) is 11.5 Å². The number of likely N-dealkylation sites (tertiary alicyclic amines) is 1. The highest BCUT2D eigenvalue weighted by atomic mass is 19.1. The van der Waals surface area contributed by atoms with Gasteiger partial charge in [-0.2, -0.15) is 0 Å². The summed E-state index contributed by atoms with van der Waals surface area (Å²) in [6.45, 7) is 0.324. The fourth-order valence-electron chi connectivity index (χ4n) is 3.09. The molecule has 1 fully saturated rings. The van der Waals surface area contributed by atoms with E-state index in [2.05, 4.69) is 5.32 Å². The summed E-state index contributed by atoms with van der Waals surface area (Å²) in [5, 5.41) is 12.2. The van der Waals surface area contributed by atoms with Gasteiger partial charge in [0.25, 0.3) is 5.91 Å². The number of amides is 2. The number of phenolic OH excluding ortho intramolecular Hbond substituents is 1. The van der Waals surface area contributed by atoms with Crippen LogP contribution in [0.25, 0.3) is 0 Å². The minimum Gasteiger partial charge on any atom is -0.507 e. The van der Waals surface area contributed by atoms with Gasteiger partial charge in [0.1, 0.15) is 11.8 Å². The second-order valence-electron chi connectivity index (χ2n) is 6.13. The zero-order chi connectivity index (χ0) is 19.6. The lowest BCUT2D eigenvalue weighted by Gasteiger charge is -2.24. The molecule has 0 aromatic heterocycles. The Balaban J connectivity index is 1.79. The van der Waals surface area contributed by atoms with E-state index in [0.717, 1.165) is 12.1 Å². The Morgan fingerprint density at radius 3 is 2.67 bits per heavy atom. The third-order valence-electron chi connectivity index (χ3n) is 4.45. The molecule has 1 saturated heterocycles. The van der Waals surface area contributed by atoms with Crippen molar-refractivity contribution in [1.29, 1.82) is 0 Å². The van der Waals surface area contributed by atoms with Gasteiger partial charge in [-0.25, -0.2) is 8.78 Å². The zero-order valence-corrected chi connectivity index (χ0v) is 14.5. The predicted octanol–water partition coefficient (Wildman–Crippen LogP) is 2.92. The van der Waals surface area contributed by atoms with Crippen LogP contribution in [0, 0.1) is 11.6 Å². The average Bonchev–Trinajstić information content (AvgIpc) is 3.14. The van der Waals surface area contributed by atoms with Gasteiger partial charge in [0.15, 0.2) is 17.4 Å². The number of rotatable bonds is 4. The molecule has 0 spiro atoms. The topological polar surface area (TPSA) is 78.9 Å². The summed E-state index contributed by atoms with van der Waals surface area (Å²) < 4.78 is 32.5. The molecule has 0 aliphatic carbocycles. The van der Waals surface area contributed by atoms with Crippen LogP contribution in [0.5, 0.6) is 11.5 Å². The first-order valence-electron chi connectivity index (χ1n) is 8.35. The van der Waals surface area contributed by atoms with Crippen LogP contribution in [0.15, 0.2) is 36.4 Å². The summed E-state index contributed by atoms with van der Waals surface area (Å²) in [5.74, 6) is -3.24. The van der Waals surface area contributed by atoms with Crippen molar-refractivity contribution in [2.75, 3.05) is 19.0 Å². The Kier molecular flexibility index (Phi) is 5.25. The number of para-hydroxylation sites is 1. The van der Waals surface area contributed by atoms with Crippen LogP contribution in [0.3, 0.4) is 0 Å². The maximum Gasteiger partial charge on any atom is 0.258 e. The Morgan fingerprint density at radius 1 is 1.22 bits per heavy atom. The number of nitrogens with zero attached hydrogens (tertiary/aromatic N) is 1. The van der Waals surface area contributed by atoms with Crippen LogP contribution in [-0.4, -0.2) is 41.5 Å². The highest BCUT2D eigenvalue weighted by Gasteiger charge is 2.35. The van der Waals surface area contributed by atoms with E-state index < -0.39 is 29.5 Å². The standard InChI is InChI=1S/C19H18F2N2O4/c1-27-17-10-12(20)14(9-13(17)21)22-18(25)15-6-4-8-23(15)19(26)11-5-2-3-7-16(11)24/h2-3,5,7,9-10,15,24H,4,6,8H2,1H3,(H,22,25). The first-order chi connectivity index (χ1) is 12.9. The number of ether oxygens (including phenoxy) is 1. The fourth-order valence-corrected chi connectivity index (χ4v) is 3.09. The van der Waals surface area contributed by atoms with E-state index in [9.17, 15) is 23.5 Å². The molecule has 0 bridgehead atoms. The monoisotopic (exact) mass is 376 g/mol. The zero-order valence-electron chi connectivity index (χ0n) is 14.5. The summed E-state index contributed by atoms with van der Waals surface area (Å²) in [6, 6.07) is 6.86. The SMILES string of the molecule is COc1cc(F)c(NC(=O)C2CCCN2C(=O)c2ccccc2O)cc1F. The van der Waals surface area contributed by atoms with E-state index in [1.165, 1.54) is 24.1 Å². The summed E-state index contributed by atoms with van der Waals surface area (Å²) in [4.78, 5) is 26.6. The number of phenols is 1. The van der Waals surface area contributed by atoms with Gasteiger partial charge in [0, 0.05) is 18.7 Å². The molecule has 142 valence electrons. The molecular formula is C19H18F2N2O4. The Bertz CT molecular complexity index is 888. The van der Waals surface area contributed by atoms with E-state index in [4.69, 9.17) is 4.74 Å². The van der Waals surface area contributed by atoms with Crippen molar-refractivity contribution in [3.05, 3.63) is 53.6 Å². The lowest BCUT2D eigenvalue weighted by molar-refractivity contribution is -0.119. The molecule has 0 radical (unpaired) electrons. The average molecular weight is 376 g/mol. The van der Waals surface area contributed by atoms with Crippen LogP contribution in [0.2, 0.25) is 0 Å². The third-order valence-corrected chi connectivity index (χ3v) is 4.45. The first kappa shape index (κ1) is 18.6. The van der Waals surface area contributed by atoms with Gasteiger partial charge in [-0.1, -0.05) is 12.1 Å². The van der Waals surface area contributed by atoms with E-state index in [1.54, 1.807) is 12.1 Å². The van der Waals surface area contributed by atoms with Crippen molar-refractivity contribution in [2.45, 2.75) is 18.9 Å². The number of benzene rings is 2. The summed E-state index contributed by atoms with van der Waals surface area (Å²) in [7, 11) is 1.21. The van der Waals surface area contributed by atoms with Gasteiger partial charge in [-0.3, -0.25) is 9.59 Å². The number of aromatic hydroxyl groups is 1. The molecule has 1 aliphatic rings. The van der Waals surface area contributed by atoms with Crippen molar-refractivity contribution in [1.82, 2.24) is 4.90 Å². The molecule has 2 aromatic rings. The predicted molar refractivity (Wildman–Crippen MR) is 93.7 cm³/mol. The van der Waals surface area contributed by atoms with Crippen LogP contribution < -0.4 is 10.1 Å². The first-order valence-corrected chi connectivity index (χ1v) is 8.35. The second kappa shape index (κ2) is 7.61. The summed E-state index contributed by atoms with van der Waals surface area (Å²) in [5.41, 5.74) is -0.251. The Morgan fingerprint density at radius 2 is 1.96 bits per heavy atom. The van der Waals surface area contributed by atoms with Crippen molar-refractivity contribution >= 4 is 17.5 Å². The smallest absolute Gasteiger partial charge is 0.258 e. The van der Waals surface area contributed by atoms with E-state index in [1.807, 2.05) is 0 Å². The lowest BCUT2D eigenvalue weighted by Crippen LogP contribution is -2.43. The van der Waals surface area contributed by atoms with Gasteiger partial charge >= 0.3 is 0 Å². The highest BCUT2D eigenvalue weighted by molar-refractivity contribution is 6.02. The molecular weight excluding hydrogens is 358 g/mol. The van der Waals surface area contributed by atoms with Gasteiger partial charge < -0.3 is 20.1 Å². The minimum atomic E-state index is -0.849. The number of carbonyl (C=O) groups excluding carboxylic acids is 2. The molecule has 1 atom stereocenters. The Hall–Kier alpha value is -3.16. The van der Waals surface area contributed by atoms with Crippen LogP contribution in [0.1, 0.15) is 23.2 Å². The maximum absolute atomic E-state index is 14.1. The summed E-state index contributed by atoms with van der Waals surface area (Å²) in [6.07, 6.45) is 0.961. The molecule has 1 aliphatic heterocycles. The quantitative estimate of drug-likeness (QED) is 0.860. The summed E-state index contributed by atoms with van der Waals surface area (Å²) >= 11 is 0. The Labute approximate surface area is 154 Å². The van der Waals surface area contributed by atoms with Gasteiger partial charge in [0.2, 0.25) is 5.91 Å². The van der Waals surface area contributed by atoms with Gasteiger partial charge in [-0.05, 0) is 25.0 Å². The number of carbonyl (C=O) groups is 2. The third kappa shape index (κ3) is 3.69. The van der Waals surface area contributed by atoms with Crippen LogP contribution in [0.4, 0.5) is 14.5 Å². The minimum absolute atomic E-state index is 0.0823. The maximum atomic E-state index is 14.1. The van der Waals surface area contributed by atoms with Gasteiger partial charge in [0.05, 0.1) is 18.4 Å². The molecule has 1 heterocycles. The number of hydrogen-bond acceptors (Lipinski definition) is 4. The van der Waals surface area contributed by atoms with E-state index in [-0.39, 0.29) is 22.7 Å². The number of nitrogens with one attached hydrogen (secondary N) is 1. The van der Waals surface area contributed by atoms with Crippen molar-refractivity contribution in [2.24, 2.45) is 0 Å². The molecule has 8 heteroatoms. The molecule has 3 rings (SSSR count). The lowest BCUT2D eigenvalue weighted by atomic mass is 10.1. The molecule has 2 amide bonds. The largest absolute Gasteiger partial charge is 0.507 e. The molecule has 0 saturated carbocycles. The van der Waals surface area contributed by atoms with Crippen molar-refractivity contribution in [3.63, 3.8) is 0 Å². The number of halogens is 2.